The van der Waals surface area contributed by atoms with Crippen LogP contribution in [0.2, 0.25) is 0 Å². The summed E-state index contributed by atoms with van der Waals surface area (Å²) in [4.78, 5) is 12.0. The molecule has 0 fully saturated rings. The summed E-state index contributed by atoms with van der Waals surface area (Å²) in [6, 6.07) is 13.1. The van der Waals surface area contributed by atoms with Crippen molar-refractivity contribution in [2.75, 3.05) is 24.9 Å². The number of ether oxygens (including phenoxy) is 2. The van der Waals surface area contributed by atoms with E-state index in [0.717, 1.165) is 28.6 Å². The zero-order valence-electron chi connectivity index (χ0n) is 14.8. The highest BCUT2D eigenvalue weighted by atomic mass is 16.5. The molecule has 0 bridgehead atoms. The standard InChI is InChI=1S/C19H24N2O3/c1-19(2,3)18(22)21-14-8-6-13(7-9-14)20-16-12-15(23-4)10-11-17(16)24-5/h6-12,20H,1-5H3,(H,21,22). The first kappa shape index (κ1) is 17.7. The summed E-state index contributed by atoms with van der Waals surface area (Å²) in [6.07, 6.45) is 0. The van der Waals surface area contributed by atoms with Crippen LogP contribution in [0, 0.1) is 5.41 Å². The van der Waals surface area contributed by atoms with Gasteiger partial charge in [0.25, 0.3) is 0 Å². The summed E-state index contributed by atoms with van der Waals surface area (Å²) >= 11 is 0. The van der Waals surface area contributed by atoms with Crippen molar-refractivity contribution in [1.29, 1.82) is 0 Å². The molecule has 0 aliphatic rings. The summed E-state index contributed by atoms with van der Waals surface area (Å²) in [7, 11) is 3.25. The lowest BCUT2D eigenvalue weighted by molar-refractivity contribution is -0.123. The van der Waals surface area contributed by atoms with E-state index >= 15 is 0 Å². The van der Waals surface area contributed by atoms with Crippen molar-refractivity contribution < 1.29 is 14.3 Å². The van der Waals surface area contributed by atoms with Gasteiger partial charge in [0.05, 0.1) is 19.9 Å². The van der Waals surface area contributed by atoms with Gasteiger partial charge in [-0.25, -0.2) is 0 Å². The minimum atomic E-state index is -0.426. The summed E-state index contributed by atoms with van der Waals surface area (Å²) in [5.74, 6) is 1.45. The quantitative estimate of drug-likeness (QED) is 0.852. The third-order valence-corrected chi connectivity index (χ3v) is 3.51. The molecule has 128 valence electrons. The van der Waals surface area contributed by atoms with Gasteiger partial charge >= 0.3 is 0 Å². The monoisotopic (exact) mass is 328 g/mol. The fourth-order valence-electron chi connectivity index (χ4n) is 2.02. The highest BCUT2D eigenvalue weighted by Crippen LogP contribution is 2.31. The number of carbonyl (C=O) groups is 1. The molecular formula is C19H24N2O3. The molecule has 0 unspecified atom stereocenters. The number of hydrogen-bond donors (Lipinski definition) is 2. The van der Waals surface area contributed by atoms with E-state index in [1.807, 2.05) is 63.2 Å². The summed E-state index contributed by atoms with van der Waals surface area (Å²) in [6.45, 7) is 5.65. The van der Waals surface area contributed by atoms with Gasteiger partial charge in [0, 0.05) is 22.9 Å². The Balaban J connectivity index is 2.13. The lowest BCUT2D eigenvalue weighted by Crippen LogP contribution is -2.27. The Morgan fingerprint density at radius 1 is 0.917 bits per heavy atom. The van der Waals surface area contributed by atoms with Crippen molar-refractivity contribution in [3.05, 3.63) is 42.5 Å². The molecule has 0 saturated heterocycles. The van der Waals surface area contributed by atoms with Crippen LogP contribution in [0.4, 0.5) is 17.1 Å². The molecule has 24 heavy (non-hydrogen) atoms. The molecule has 0 atom stereocenters. The number of carbonyl (C=O) groups excluding carboxylic acids is 1. The van der Waals surface area contributed by atoms with Crippen molar-refractivity contribution >= 4 is 23.0 Å². The van der Waals surface area contributed by atoms with E-state index in [1.165, 1.54) is 0 Å². The molecular weight excluding hydrogens is 304 g/mol. The molecule has 2 rings (SSSR count). The maximum absolute atomic E-state index is 12.0. The third kappa shape index (κ3) is 4.41. The van der Waals surface area contributed by atoms with Crippen LogP contribution in [0.3, 0.4) is 0 Å². The number of amides is 1. The number of hydrogen-bond acceptors (Lipinski definition) is 4. The highest BCUT2D eigenvalue weighted by Gasteiger charge is 2.21. The Kier molecular flexibility index (Phi) is 5.34. The fraction of sp³-hybridized carbons (Fsp3) is 0.316. The van der Waals surface area contributed by atoms with E-state index in [0.29, 0.717) is 0 Å². The molecule has 0 saturated carbocycles. The van der Waals surface area contributed by atoms with Crippen molar-refractivity contribution in [2.24, 2.45) is 5.41 Å². The Morgan fingerprint density at radius 3 is 2.08 bits per heavy atom. The van der Waals surface area contributed by atoms with Crippen LogP contribution in [0.5, 0.6) is 11.5 Å². The van der Waals surface area contributed by atoms with Crippen LogP contribution >= 0.6 is 0 Å². The van der Waals surface area contributed by atoms with E-state index in [2.05, 4.69) is 10.6 Å². The molecule has 0 radical (unpaired) electrons. The second-order valence-corrected chi connectivity index (χ2v) is 6.47. The molecule has 2 aromatic rings. The number of nitrogens with one attached hydrogen (secondary N) is 2. The number of methoxy groups -OCH3 is 2. The normalized spacial score (nSPS) is 10.9. The second kappa shape index (κ2) is 7.25. The molecule has 0 aliphatic heterocycles. The molecule has 0 heterocycles. The minimum absolute atomic E-state index is 0.0160. The predicted molar refractivity (Wildman–Crippen MR) is 97.4 cm³/mol. The van der Waals surface area contributed by atoms with E-state index in [1.54, 1.807) is 14.2 Å². The third-order valence-electron chi connectivity index (χ3n) is 3.51. The van der Waals surface area contributed by atoms with Gasteiger partial charge in [-0.15, -0.1) is 0 Å². The molecule has 2 aromatic carbocycles. The van der Waals surface area contributed by atoms with Crippen LogP contribution in [-0.4, -0.2) is 20.1 Å². The van der Waals surface area contributed by atoms with Gasteiger partial charge in [0.2, 0.25) is 5.91 Å². The number of anilines is 3. The van der Waals surface area contributed by atoms with Crippen molar-refractivity contribution in [2.45, 2.75) is 20.8 Å². The lowest BCUT2D eigenvalue weighted by atomic mass is 9.95. The van der Waals surface area contributed by atoms with Crippen LogP contribution in [0.25, 0.3) is 0 Å². The highest BCUT2D eigenvalue weighted by molar-refractivity contribution is 5.94. The van der Waals surface area contributed by atoms with Crippen LogP contribution in [0.15, 0.2) is 42.5 Å². The average Bonchev–Trinajstić information content (AvgIpc) is 2.55. The first-order chi connectivity index (χ1) is 11.3. The maximum atomic E-state index is 12.0. The molecule has 0 aromatic heterocycles. The Labute approximate surface area is 143 Å². The Bertz CT molecular complexity index is 704. The predicted octanol–water partition coefficient (Wildman–Crippen LogP) is 4.43. The summed E-state index contributed by atoms with van der Waals surface area (Å²) < 4.78 is 10.6. The van der Waals surface area contributed by atoms with Crippen LogP contribution < -0.4 is 20.1 Å². The SMILES string of the molecule is COc1ccc(OC)c(Nc2ccc(NC(=O)C(C)(C)C)cc2)c1. The molecule has 0 aliphatic carbocycles. The van der Waals surface area contributed by atoms with E-state index in [9.17, 15) is 4.79 Å². The largest absolute Gasteiger partial charge is 0.497 e. The average molecular weight is 328 g/mol. The summed E-state index contributed by atoms with van der Waals surface area (Å²) in [5.41, 5.74) is 2.03. The van der Waals surface area contributed by atoms with Gasteiger partial charge in [-0.1, -0.05) is 20.8 Å². The van der Waals surface area contributed by atoms with Crippen LogP contribution in [0.1, 0.15) is 20.8 Å². The van der Waals surface area contributed by atoms with Gasteiger partial charge in [-0.2, -0.15) is 0 Å². The van der Waals surface area contributed by atoms with E-state index in [-0.39, 0.29) is 5.91 Å². The first-order valence-corrected chi connectivity index (χ1v) is 7.74. The zero-order chi connectivity index (χ0) is 17.7. The molecule has 5 nitrogen and oxygen atoms in total. The Hall–Kier alpha value is -2.69. The first-order valence-electron chi connectivity index (χ1n) is 7.74. The van der Waals surface area contributed by atoms with Crippen molar-refractivity contribution in [1.82, 2.24) is 0 Å². The van der Waals surface area contributed by atoms with Crippen LogP contribution in [-0.2, 0) is 4.79 Å². The van der Waals surface area contributed by atoms with Gasteiger partial charge in [0.1, 0.15) is 11.5 Å². The second-order valence-electron chi connectivity index (χ2n) is 6.47. The van der Waals surface area contributed by atoms with Crippen molar-refractivity contribution in [3.8, 4) is 11.5 Å². The number of rotatable bonds is 5. The summed E-state index contributed by atoms with van der Waals surface area (Å²) in [5, 5.41) is 6.19. The smallest absolute Gasteiger partial charge is 0.229 e. The van der Waals surface area contributed by atoms with E-state index in [4.69, 9.17) is 9.47 Å². The van der Waals surface area contributed by atoms with Gasteiger partial charge < -0.3 is 20.1 Å². The topological polar surface area (TPSA) is 59.6 Å². The lowest BCUT2D eigenvalue weighted by Gasteiger charge is -2.18. The minimum Gasteiger partial charge on any atom is -0.497 e. The molecule has 1 amide bonds. The van der Waals surface area contributed by atoms with Gasteiger partial charge in [-0.3, -0.25) is 4.79 Å². The molecule has 2 N–H and O–H groups in total. The maximum Gasteiger partial charge on any atom is 0.229 e. The molecule has 5 heteroatoms. The zero-order valence-corrected chi connectivity index (χ0v) is 14.8. The molecule has 0 spiro atoms. The van der Waals surface area contributed by atoms with Gasteiger partial charge in [0.15, 0.2) is 0 Å². The number of benzene rings is 2. The van der Waals surface area contributed by atoms with Crippen molar-refractivity contribution in [3.63, 3.8) is 0 Å². The van der Waals surface area contributed by atoms with Gasteiger partial charge in [-0.05, 0) is 36.4 Å². The van der Waals surface area contributed by atoms with E-state index < -0.39 is 5.41 Å². The fourth-order valence-corrected chi connectivity index (χ4v) is 2.02. The Morgan fingerprint density at radius 2 is 1.54 bits per heavy atom.